The molecule has 0 aliphatic heterocycles. The topological polar surface area (TPSA) is 85.6 Å². The van der Waals surface area contributed by atoms with Crippen molar-refractivity contribution in [3.05, 3.63) is 119 Å². The fraction of sp³-hybridized carbons (Fsp3) is 0.0968. The summed E-state index contributed by atoms with van der Waals surface area (Å²) in [7, 11) is 1.36. The molecule has 3 aromatic carbocycles. The molecule has 7 nitrogen and oxygen atoms in total. The maximum atomic E-state index is 13.2. The minimum Gasteiger partial charge on any atom is -0.465 e. The normalized spacial score (nSPS) is 11.1. The van der Waals surface area contributed by atoms with Gasteiger partial charge in [0, 0.05) is 33.6 Å². The molecule has 2 aromatic heterocycles. The Labute approximate surface area is 220 Å². The molecule has 0 aliphatic carbocycles. The van der Waals surface area contributed by atoms with E-state index in [4.69, 9.17) is 9.72 Å². The summed E-state index contributed by atoms with van der Waals surface area (Å²) < 4.78 is 6.84. The molecule has 1 N–H and O–H groups in total. The minimum atomic E-state index is -0.376. The molecule has 5 rings (SSSR count). The Hall–Kier alpha value is -5.04. The lowest BCUT2D eigenvalue weighted by Gasteiger charge is -2.10. The lowest BCUT2D eigenvalue weighted by molar-refractivity contribution is 0.0600. The van der Waals surface area contributed by atoms with Crippen molar-refractivity contribution >= 4 is 29.0 Å². The molecule has 0 bridgehead atoms. The highest BCUT2D eigenvalue weighted by molar-refractivity contribution is 6.07. The van der Waals surface area contributed by atoms with Crippen LogP contribution in [0.1, 0.15) is 37.7 Å². The fourth-order valence-electron chi connectivity index (χ4n) is 4.52. The van der Waals surface area contributed by atoms with Crippen LogP contribution in [0.4, 0.5) is 0 Å². The van der Waals surface area contributed by atoms with Gasteiger partial charge in [-0.1, -0.05) is 48.5 Å². The number of benzene rings is 3. The van der Waals surface area contributed by atoms with Gasteiger partial charge in [-0.15, -0.1) is 0 Å². The summed E-state index contributed by atoms with van der Waals surface area (Å²) in [6, 6.07) is 28.3. The second-order valence-corrected chi connectivity index (χ2v) is 8.84. The van der Waals surface area contributed by atoms with Crippen LogP contribution in [-0.2, 0) is 4.74 Å². The number of nitrogens with one attached hydrogen (secondary N) is 1. The Morgan fingerprint density at radius 2 is 1.63 bits per heavy atom. The zero-order valence-corrected chi connectivity index (χ0v) is 21.3. The van der Waals surface area contributed by atoms with Gasteiger partial charge < -0.3 is 9.30 Å². The van der Waals surface area contributed by atoms with Crippen molar-refractivity contribution in [1.29, 1.82) is 0 Å². The van der Waals surface area contributed by atoms with Gasteiger partial charge in [-0.25, -0.2) is 15.2 Å². The van der Waals surface area contributed by atoms with Crippen molar-refractivity contribution in [1.82, 2.24) is 15.0 Å². The summed E-state index contributed by atoms with van der Waals surface area (Å²) >= 11 is 0. The molecule has 0 saturated heterocycles. The van der Waals surface area contributed by atoms with E-state index < -0.39 is 0 Å². The molecule has 38 heavy (non-hydrogen) atoms. The van der Waals surface area contributed by atoms with Crippen molar-refractivity contribution in [3.8, 4) is 16.9 Å². The van der Waals surface area contributed by atoms with Crippen molar-refractivity contribution in [2.24, 2.45) is 5.10 Å². The molecule has 0 radical (unpaired) electrons. The van der Waals surface area contributed by atoms with Gasteiger partial charge in [0.05, 0.1) is 35.7 Å². The van der Waals surface area contributed by atoms with E-state index in [9.17, 15) is 9.59 Å². The summed E-state index contributed by atoms with van der Waals surface area (Å²) in [6.45, 7) is 3.97. The predicted molar refractivity (Wildman–Crippen MR) is 149 cm³/mol. The first-order valence-corrected chi connectivity index (χ1v) is 12.1. The third-order valence-electron chi connectivity index (χ3n) is 6.42. The number of para-hydroxylation sites is 1. The molecule has 188 valence electrons. The van der Waals surface area contributed by atoms with Gasteiger partial charge in [-0.3, -0.25) is 4.79 Å². The van der Waals surface area contributed by atoms with E-state index in [1.54, 1.807) is 24.4 Å². The van der Waals surface area contributed by atoms with Gasteiger partial charge in [-0.05, 0) is 56.3 Å². The highest BCUT2D eigenvalue weighted by Crippen LogP contribution is 2.25. The van der Waals surface area contributed by atoms with E-state index in [1.807, 2.05) is 86.6 Å². The third-order valence-corrected chi connectivity index (χ3v) is 6.42. The highest BCUT2D eigenvalue weighted by atomic mass is 16.5. The maximum absolute atomic E-state index is 13.2. The van der Waals surface area contributed by atoms with Crippen LogP contribution in [0, 0.1) is 13.8 Å². The van der Waals surface area contributed by atoms with Crippen LogP contribution in [0.2, 0.25) is 0 Å². The number of esters is 1. The molecule has 0 saturated carbocycles. The largest absolute Gasteiger partial charge is 0.465 e. The second-order valence-electron chi connectivity index (χ2n) is 8.84. The smallest absolute Gasteiger partial charge is 0.337 e. The molecule has 5 aromatic rings. The SMILES string of the molecule is COC(=O)c1ccc(-n2c(C)cc(/C=N/NC(=O)c3cc(-c4ccccc4)nc4ccccc34)c2C)cc1. The number of pyridine rings is 1. The molecule has 0 fully saturated rings. The van der Waals surface area contributed by atoms with Gasteiger partial charge in [0.1, 0.15) is 0 Å². The van der Waals surface area contributed by atoms with Crippen molar-refractivity contribution in [2.75, 3.05) is 7.11 Å². The number of nitrogens with zero attached hydrogens (tertiary/aromatic N) is 3. The van der Waals surface area contributed by atoms with E-state index >= 15 is 0 Å². The molecule has 7 heteroatoms. The first-order chi connectivity index (χ1) is 18.5. The van der Waals surface area contributed by atoms with E-state index in [1.165, 1.54) is 7.11 Å². The average Bonchev–Trinajstić information content (AvgIpc) is 3.24. The molecule has 0 unspecified atom stereocenters. The quantitative estimate of drug-likeness (QED) is 0.179. The number of carbonyl (C=O) groups excluding carboxylic acids is 2. The van der Waals surface area contributed by atoms with Gasteiger partial charge in [0.25, 0.3) is 5.91 Å². The standard InChI is InChI=1S/C31H26N4O3/c1-20-17-24(21(2)35(20)25-15-13-23(14-16-25)31(37)38-3)19-32-34-30(36)27-18-29(22-9-5-4-6-10-22)33-28-12-8-7-11-26(27)28/h4-19H,1-3H3,(H,34,36)/b32-19+. The molecular weight excluding hydrogens is 476 g/mol. The van der Waals surface area contributed by atoms with Crippen LogP contribution in [0.25, 0.3) is 27.8 Å². The van der Waals surface area contributed by atoms with Gasteiger partial charge in [-0.2, -0.15) is 5.10 Å². The van der Waals surface area contributed by atoms with Crippen molar-refractivity contribution in [3.63, 3.8) is 0 Å². The number of ether oxygens (including phenoxy) is 1. The number of hydrazone groups is 1. The first-order valence-electron chi connectivity index (χ1n) is 12.1. The Balaban J connectivity index is 1.40. The Bertz CT molecular complexity index is 1670. The Morgan fingerprint density at radius 3 is 2.37 bits per heavy atom. The molecule has 0 spiro atoms. The van der Waals surface area contributed by atoms with E-state index in [0.29, 0.717) is 11.1 Å². The molecular formula is C31H26N4O3. The molecule has 2 heterocycles. The van der Waals surface area contributed by atoms with Crippen LogP contribution >= 0.6 is 0 Å². The molecule has 1 amide bonds. The molecule has 0 atom stereocenters. The third kappa shape index (κ3) is 4.82. The lowest BCUT2D eigenvalue weighted by atomic mass is 10.0. The number of amides is 1. The van der Waals surface area contributed by atoms with Crippen LogP contribution in [0.3, 0.4) is 0 Å². The van der Waals surface area contributed by atoms with Gasteiger partial charge >= 0.3 is 5.97 Å². The number of fused-ring (bicyclic) bond motifs is 1. The Morgan fingerprint density at radius 1 is 0.921 bits per heavy atom. The van der Waals surface area contributed by atoms with Crippen molar-refractivity contribution in [2.45, 2.75) is 13.8 Å². The zero-order chi connectivity index (χ0) is 26.6. The summed E-state index contributed by atoms with van der Waals surface area (Å²) in [5, 5.41) is 5.02. The minimum absolute atomic E-state index is 0.316. The monoisotopic (exact) mass is 502 g/mol. The van der Waals surface area contributed by atoms with Crippen LogP contribution in [0.5, 0.6) is 0 Å². The van der Waals surface area contributed by atoms with E-state index in [-0.39, 0.29) is 11.9 Å². The lowest BCUT2D eigenvalue weighted by Crippen LogP contribution is -2.18. The van der Waals surface area contributed by atoms with Gasteiger partial charge in [0.2, 0.25) is 0 Å². The zero-order valence-electron chi connectivity index (χ0n) is 21.3. The van der Waals surface area contributed by atoms with Crippen LogP contribution in [0.15, 0.2) is 96.1 Å². The Kier molecular flexibility index (Phi) is 6.82. The summed E-state index contributed by atoms with van der Waals surface area (Å²) in [5.41, 5.74) is 9.79. The number of hydrogen-bond acceptors (Lipinski definition) is 5. The maximum Gasteiger partial charge on any atom is 0.337 e. The first kappa shape index (κ1) is 24.6. The number of aromatic nitrogens is 2. The van der Waals surface area contributed by atoms with Crippen LogP contribution < -0.4 is 5.43 Å². The number of carbonyl (C=O) groups is 2. The summed E-state index contributed by atoms with van der Waals surface area (Å²) in [5.74, 6) is -0.692. The van der Waals surface area contributed by atoms with Gasteiger partial charge in [0.15, 0.2) is 0 Å². The number of hydrogen-bond donors (Lipinski definition) is 1. The number of aryl methyl sites for hydroxylation is 1. The number of rotatable bonds is 6. The summed E-state index contributed by atoms with van der Waals surface area (Å²) in [6.07, 6.45) is 1.64. The highest BCUT2D eigenvalue weighted by Gasteiger charge is 2.14. The number of methoxy groups -OCH3 is 1. The van der Waals surface area contributed by atoms with Crippen molar-refractivity contribution < 1.29 is 14.3 Å². The summed E-state index contributed by atoms with van der Waals surface area (Å²) in [4.78, 5) is 29.7. The fourth-order valence-corrected chi connectivity index (χ4v) is 4.52. The molecule has 0 aliphatic rings. The van der Waals surface area contributed by atoms with E-state index in [0.717, 1.165) is 44.8 Å². The van der Waals surface area contributed by atoms with E-state index in [2.05, 4.69) is 15.1 Å². The predicted octanol–water partition coefficient (Wildman–Crippen LogP) is 5.86. The van der Waals surface area contributed by atoms with Crippen LogP contribution in [-0.4, -0.2) is 34.8 Å². The second kappa shape index (κ2) is 10.5. The average molecular weight is 503 g/mol.